The van der Waals surface area contributed by atoms with Gasteiger partial charge < -0.3 is 19.9 Å². The van der Waals surface area contributed by atoms with E-state index in [9.17, 15) is 4.39 Å². The van der Waals surface area contributed by atoms with Gasteiger partial charge in [-0.2, -0.15) is 0 Å². The summed E-state index contributed by atoms with van der Waals surface area (Å²) in [6, 6.07) is 3.16. The maximum atomic E-state index is 13.9. The maximum absolute atomic E-state index is 13.9. The molecular formula is C14H20FN3O. The minimum atomic E-state index is -0.197. The molecule has 2 aliphatic heterocycles. The Bertz CT molecular complexity index is 474. The van der Waals surface area contributed by atoms with Gasteiger partial charge >= 0.3 is 0 Å². The van der Waals surface area contributed by atoms with E-state index in [1.165, 1.54) is 0 Å². The number of rotatable bonds is 1. The lowest BCUT2D eigenvalue weighted by Gasteiger charge is -2.37. The molecule has 0 aliphatic carbocycles. The molecule has 2 heterocycles. The van der Waals surface area contributed by atoms with Crippen molar-refractivity contribution in [3.05, 3.63) is 17.9 Å². The van der Waals surface area contributed by atoms with Crippen LogP contribution in [-0.4, -0.2) is 45.9 Å². The van der Waals surface area contributed by atoms with Crippen molar-refractivity contribution in [2.24, 2.45) is 0 Å². The van der Waals surface area contributed by atoms with Crippen molar-refractivity contribution in [1.29, 1.82) is 0 Å². The van der Waals surface area contributed by atoms with Gasteiger partial charge in [-0.05, 0) is 6.92 Å². The van der Waals surface area contributed by atoms with Crippen molar-refractivity contribution in [3.63, 3.8) is 0 Å². The van der Waals surface area contributed by atoms with Gasteiger partial charge in [0.05, 0.1) is 17.9 Å². The van der Waals surface area contributed by atoms with Crippen molar-refractivity contribution in [2.75, 3.05) is 49.6 Å². The number of nitrogens with zero attached hydrogens (tertiary/aromatic N) is 2. The van der Waals surface area contributed by atoms with Crippen molar-refractivity contribution in [1.82, 2.24) is 5.32 Å². The number of fused-ring (bicyclic) bond motifs is 1. The van der Waals surface area contributed by atoms with Crippen LogP contribution in [0, 0.1) is 5.82 Å². The van der Waals surface area contributed by atoms with Crippen molar-refractivity contribution < 1.29 is 9.13 Å². The fraction of sp³-hybridized carbons (Fsp3) is 0.571. The number of piperazine rings is 1. The SMILES string of the molecule is CC1CN(C)c2cc(F)cc(N3CCNCC3)c2O1. The molecule has 1 unspecified atom stereocenters. The molecular weight excluding hydrogens is 245 g/mol. The van der Waals surface area contributed by atoms with Crippen LogP contribution in [0.4, 0.5) is 15.8 Å². The third kappa shape index (κ3) is 2.34. The number of likely N-dealkylation sites (N-methyl/N-ethyl adjacent to an activating group) is 1. The summed E-state index contributed by atoms with van der Waals surface area (Å²) >= 11 is 0. The molecule has 1 aromatic rings. The summed E-state index contributed by atoms with van der Waals surface area (Å²) in [5, 5.41) is 3.31. The zero-order valence-electron chi connectivity index (χ0n) is 11.4. The predicted octanol–water partition coefficient (Wildman–Crippen LogP) is 1.45. The Morgan fingerprint density at radius 1 is 1.26 bits per heavy atom. The number of hydrogen-bond donors (Lipinski definition) is 1. The van der Waals surface area contributed by atoms with Gasteiger partial charge in [-0.3, -0.25) is 0 Å². The molecule has 1 N–H and O–H groups in total. The third-order valence-electron chi connectivity index (χ3n) is 3.73. The zero-order valence-corrected chi connectivity index (χ0v) is 11.4. The van der Waals surface area contributed by atoms with E-state index >= 15 is 0 Å². The van der Waals surface area contributed by atoms with E-state index in [2.05, 4.69) is 15.1 Å². The van der Waals surface area contributed by atoms with Gasteiger partial charge in [0.1, 0.15) is 11.9 Å². The molecule has 2 aliphatic rings. The fourth-order valence-corrected chi connectivity index (χ4v) is 2.83. The maximum Gasteiger partial charge on any atom is 0.166 e. The topological polar surface area (TPSA) is 27.7 Å². The largest absolute Gasteiger partial charge is 0.485 e. The minimum Gasteiger partial charge on any atom is -0.485 e. The minimum absolute atomic E-state index is 0.129. The highest BCUT2D eigenvalue weighted by molar-refractivity contribution is 5.74. The van der Waals surface area contributed by atoms with Crippen LogP contribution in [-0.2, 0) is 0 Å². The van der Waals surface area contributed by atoms with Crippen LogP contribution in [0.2, 0.25) is 0 Å². The van der Waals surface area contributed by atoms with Gasteiger partial charge in [0.2, 0.25) is 0 Å². The fourth-order valence-electron chi connectivity index (χ4n) is 2.83. The molecule has 0 radical (unpaired) electrons. The molecule has 0 aromatic heterocycles. The Labute approximate surface area is 113 Å². The van der Waals surface area contributed by atoms with Crippen LogP contribution < -0.4 is 19.9 Å². The second-order valence-corrected chi connectivity index (χ2v) is 5.32. The van der Waals surface area contributed by atoms with Crippen LogP contribution in [0.1, 0.15) is 6.92 Å². The second-order valence-electron chi connectivity index (χ2n) is 5.32. The van der Waals surface area contributed by atoms with Gasteiger partial charge in [0.25, 0.3) is 0 Å². The molecule has 3 rings (SSSR count). The Kier molecular flexibility index (Phi) is 3.22. The number of hydrogen-bond acceptors (Lipinski definition) is 4. The molecule has 1 saturated heterocycles. The molecule has 0 amide bonds. The average molecular weight is 265 g/mol. The molecule has 1 atom stereocenters. The van der Waals surface area contributed by atoms with Crippen LogP contribution in [0.25, 0.3) is 0 Å². The van der Waals surface area contributed by atoms with Gasteiger partial charge in [-0.25, -0.2) is 4.39 Å². The normalized spacial score (nSPS) is 23.0. The number of halogens is 1. The summed E-state index contributed by atoms with van der Waals surface area (Å²) in [6.07, 6.45) is 0.129. The smallest absolute Gasteiger partial charge is 0.166 e. The Hall–Kier alpha value is -1.49. The Balaban J connectivity index is 2.03. The summed E-state index contributed by atoms with van der Waals surface area (Å²) in [5.74, 6) is 0.627. The van der Waals surface area contributed by atoms with Crippen LogP contribution >= 0.6 is 0 Å². The molecule has 19 heavy (non-hydrogen) atoms. The summed E-state index contributed by atoms with van der Waals surface area (Å²) in [6.45, 7) is 6.46. The average Bonchev–Trinajstić information content (AvgIpc) is 2.40. The van der Waals surface area contributed by atoms with E-state index in [0.717, 1.165) is 49.8 Å². The summed E-state index contributed by atoms with van der Waals surface area (Å²) in [4.78, 5) is 4.27. The van der Waals surface area contributed by atoms with E-state index in [1.54, 1.807) is 12.1 Å². The van der Waals surface area contributed by atoms with E-state index in [0.29, 0.717) is 0 Å². The number of benzene rings is 1. The van der Waals surface area contributed by atoms with Gasteiger partial charge in [-0.15, -0.1) is 0 Å². The Morgan fingerprint density at radius 3 is 2.68 bits per heavy atom. The monoisotopic (exact) mass is 265 g/mol. The molecule has 0 bridgehead atoms. The summed E-state index contributed by atoms with van der Waals surface area (Å²) in [7, 11) is 1.98. The summed E-state index contributed by atoms with van der Waals surface area (Å²) in [5.41, 5.74) is 1.74. The van der Waals surface area contributed by atoms with E-state index in [4.69, 9.17) is 4.74 Å². The highest BCUT2D eigenvalue weighted by atomic mass is 19.1. The molecule has 1 aromatic carbocycles. The van der Waals surface area contributed by atoms with Crippen molar-refractivity contribution >= 4 is 11.4 Å². The molecule has 104 valence electrons. The first kappa shape index (κ1) is 12.5. The lowest BCUT2D eigenvalue weighted by Crippen LogP contribution is -2.44. The molecule has 4 nitrogen and oxygen atoms in total. The summed E-state index contributed by atoms with van der Waals surface area (Å²) < 4.78 is 19.8. The van der Waals surface area contributed by atoms with Gasteiger partial charge in [0.15, 0.2) is 5.75 Å². The number of anilines is 2. The van der Waals surface area contributed by atoms with Gasteiger partial charge in [0, 0.05) is 45.4 Å². The van der Waals surface area contributed by atoms with E-state index in [-0.39, 0.29) is 11.9 Å². The molecule has 0 spiro atoms. The van der Waals surface area contributed by atoms with Crippen LogP contribution in [0.3, 0.4) is 0 Å². The van der Waals surface area contributed by atoms with E-state index in [1.807, 2.05) is 14.0 Å². The lowest BCUT2D eigenvalue weighted by molar-refractivity contribution is 0.215. The predicted molar refractivity (Wildman–Crippen MR) is 74.8 cm³/mol. The highest BCUT2D eigenvalue weighted by Crippen LogP contribution is 2.42. The first-order valence-electron chi connectivity index (χ1n) is 6.82. The quantitative estimate of drug-likeness (QED) is 0.832. The zero-order chi connectivity index (χ0) is 13.4. The number of ether oxygens (including phenoxy) is 1. The molecule has 5 heteroatoms. The van der Waals surface area contributed by atoms with Crippen molar-refractivity contribution in [3.8, 4) is 5.75 Å². The third-order valence-corrected chi connectivity index (χ3v) is 3.73. The molecule has 1 fully saturated rings. The number of nitrogens with one attached hydrogen (secondary N) is 1. The lowest BCUT2D eigenvalue weighted by atomic mass is 10.1. The Morgan fingerprint density at radius 2 is 1.95 bits per heavy atom. The first-order valence-corrected chi connectivity index (χ1v) is 6.82. The van der Waals surface area contributed by atoms with Crippen molar-refractivity contribution in [2.45, 2.75) is 13.0 Å². The second kappa shape index (κ2) is 4.89. The van der Waals surface area contributed by atoms with E-state index < -0.39 is 0 Å². The first-order chi connectivity index (χ1) is 9.15. The van der Waals surface area contributed by atoms with Crippen LogP contribution in [0.15, 0.2) is 12.1 Å². The highest BCUT2D eigenvalue weighted by Gasteiger charge is 2.27. The molecule has 0 saturated carbocycles. The van der Waals surface area contributed by atoms with Crippen LogP contribution in [0.5, 0.6) is 5.75 Å². The van der Waals surface area contributed by atoms with Gasteiger partial charge in [-0.1, -0.05) is 0 Å². The standard InChI is InChI=1S/C14H20FN3O/c1-10-9-17(2)12-7-11(15)8-13(14(12)19-10)18-5-3-16-4-6-18/h7-8,10,16H,3-6,9H2,1-2H3.